The van der Waals surface area contributed by atoms with E-state index in [1.807, 2.05) is 24.0 Å². The molecule has 1 atom stereocenters. The Kier molecular flexibility index (Phi) is 4.70. The first-order valence-corrected chi connectivity index (χ1v) is 6.44. The predicted molar refractivity (Wildman–Crippen MR) is 70.8 cm³/mol. The van der Waals surface area contributed by atoms with Crippen LogP contribution in [0.4, 0.5) is 5.82 Å². The number of pyridine rings is 1. The van der Waals surface area contributed by atoms with Crippen molar-refractivity contribution in [3.8, 4) is 0 Å². The number of aliphatic hydroxyl groups is 1. The SMILES string of the molecule is CCNC(=O)C1COCCN1c1ccc(CO)cn1. The van der Waals surface area contributed by atoms with Gasteiger partial charge in [-0.1, -0.05) is 6.07 Å². The molecule has 2 heterocycles. The van der Waals surface area contributed by atoms with Crippen molar-refractivity contribution in [3.05, 3.63) is 23.9 Å². The molecular weight excluding hydrogens is 246 g/mol. The van der Waals surface area contributed by atoms with Gasteiger partial charge >= 0.3 is 0 Å². The molecule has 19 heavy (non-hydrogen) atoms. The second-order valence-electron chi connectivity index (χ2n) is 4.36. The maximum absolute atomic E-state index is 12.0. The minimum absolute atomic E-state index is 0.0316. The van der Waals surface area contributed by atoms with E-state index in [-0.39, 0.29) is 18.6 Å². The summed E-state index contributed by atoms with van der Waals surface area (Å²) in [5.41, 5.74) is 0.756. The third-order valence-corrected chi connectivity index (χ3v) is 3.07. The largest absolute Gasteiger partial charge is 0.392 e. The number of ether oxygens (including phenoxy) is 1. The van der Waals surface area contributed by atoms with Crippen LogP contribution in [-0.2, 0) is 16.1 Å². The van der Waals surface area contributed by atoms with Crippen molar-refractivity contribution in [2.75, 3.05) is 31.2 Å². The van der Waals surface area contributed by atoms with Crippen molar-refractivity contribution in [1.29, 1.82) is 0 Å². The molecule has 1 saturated heterocycles. The van der Waals surface area contributed by atoms with Crippen molar-refractivity contribution in [2.24, 2.45) is 0 Å². The van der Waals surface area contributed by atoms with Gasteiger partial charge in [0, 0.05) is 19.3 Å². The number of amides is 1. The van der Waals surface area contributed by atoms with Gasteiger partial charge in [0.25, 0.3) is 0 Å². The molecule has 0 radical (unpaired) electrons. The zero-order valence-corrected chi connectivity index (χ0v) is 11.0. The van der Waals surface area contributed by atoms with E-state index >= 15 is 0 Å². The first kappa shape index (κ1) is 13.8. The number of nitrogens with zero attached hydrogens (tertiary/aromatic N) is 2. The molecule has 0 aromatic carbocycles. The first-order chi connectivity index (χ1) is 9.26. The van der Waals surface area contributed by atoms with Crippen LogP contribution in [0.1, 0.15) is 12.5 Å². The molecule has 0 aliphatic carbocycles. The maximum atomic E-state index is 12.0. The van der Waals surface area contributed by atoms with E-state index < -0.39 is 0 Å². The summed E-state index contributed by atoms with van der Waals surface area (Å²) in [4.78, 5) is 18.2. The van der Waals surface area contributed by atoms with E-state index in [0.717, 1.165) is 11.4 Å². The molecule has 1 amide bonds. The highest BCUT2D eigenvalue weighted by Crippen LogP contribution is 2.17. The molecule has 6 nitrogen and oxygen atoms in total. The number of nitrogens with one attached hydrogen (secondary N) is 1. The van der Waals surface area contributed by atoms with Gasteiger partial charge in [-0.25, -0.2) is 4.98 Å². The Morgan fingerprint density at radius 3 is 3.11 bits per heavy atom. The van der Waals surface area contributed by atoms with Gasteiger partial charge in [0.1, 0.15) is 11.9 Å². The fourth-order valence-electron chi connectivity index (χ4n) is 2.07. The molecule has 6 heteroatoms. The number of hydrogen-bond acceptors (Lipinski definition) is 5. The number of aromatic nitrogens is 1. The molecule has 1 aromatic heterocycles. The highest BCUT2D eigenvalue weighted by Gasteiger charge is 2.29. The Morgan fingerprint density at radius 1 is 1.63 bits per heavy atom. The number of aliphatic hydroxyl groups excluding tert-OH is 1. The molecule has 1 fully saturated rings. The summed E-state index contributed by atoms with van der Waals surface area (Å²) in [6.45, 7) is 4.04. The molecule has 1 aromatic rings. The van der Waals surface area contributed by atoms with Gasteiger partial charge < -0.3 is 20.1 Å². The van der Waals surface area contributed by atoms with Crippen molar-refractivity contribution >= 4 is 11.7 Å². The lowest BCUT2D eigenvalue weighted by molar-refractivity contribution is -0.124. The van der Waals surface area contributed by atoms with Gasteiger partial charge in [-0.2, -0.15) is 0 Å². The molecule has 1 unspecified atom stereocenters. The lowest BCUT2D eigenvalue weighted by Crippen LogP contribution is -2.54. The quantitative estimate of drug-likeness (QED) is 0.796. The van der Waals surface area contributed by atoms with Gasteiger partial charge in [-0.15, -0.1) is 0 Å². The summed E-state index contributed by atoms with van der Waals surface area (Å²) in [5, 5.41) is 11.8. The van der Waals surface area contributed by atoms with Crippen molar-refractivity contribution in [1.82, 2.24) is 10.3 Å². The molecule has 2 N–H and O–H groups in total. The third kappa shape index (κ3) is 3.21. The number of hydrogen-bond donors (Lipinski definition) is 2. The van der Waals surface area contributed by atoms with E-state index in [1.165, 1.54) is 0 Å². The minimum Gasteiger partial charge on any atom is -0.392 e. The number of likely N-dealkylation sites (N-methyl/N-ethyl adjacent to an activating group) is 1. The van der Waals surface area contributed by atoms with E-state index in [1.54, 1.807) is 6.20 Å². The summed E-state index contributed by atoms with van der Waals surface area (Å²) in [7, 11) is 0. The highest BCUT2D eigenvalue weighted by atomic mass is 16.5. The van der Waals surface area contributed by atoms with Gasteiger partial charge in [0.2, 0.25) is 5.91 Å². The maximum Gasteiger partial charge on any atom is 0.245 e. The Morgan fingerprint density at radius 2 is 2.47 bits per heavy atom. The second-order valence-corrected chi connectivity index (χ2v) is 4.36. The van der Waals surface area contributed by atoms with E-state index in [2.05, 4.69) is 10.3 Å². The average Bonchev–Trinajstić information content (AvgIpc) is 2.47. The monoisotopic (exact) mass is 265 g/mol. The van der Waals surface area contributed by atoms with E-state index in [9.17, 15) is 4.79 Å². The van der Waals surface area contributed by atoms with Crippen molar-refractivity contribution in [2.45, 2.75) is 19.6 Å². The van der Waals surface area contributed by atoms with Gasteiger partial charge in [0.05, 0.1) is 19.8 Å². The van der Waals surface area contributed by atoms with Crippen molar-refractivity contribution < 1.29 is 14.6 Å². The Labute approximate surface area is 112 Å². The normalized spacial score (nSPS) is 19.3. The van der Waals surface area contributed by atoms with Crippen LogP contribution in [0.25, 0.3) is 0 Å². The molecular formula is C13H19N3O3. The Hall–Kier alpha value is -1.66. The van der Waals surface area contributed by atoms with Gasteiger partial charge in [-0.3, -0.25) is 4.79 Å². The van der Waals surface area contributed by atoms with Crippen molar-refractivity contribution in [3.63, 3.8) is 0 Å². The zero-order chi connectivity index (χ0) is 13.7. The zero-order valence-electron chi connectivity index (χ0n) is 11.0. The van der Waals surface area contributed by atoms with Crippen LogP contribution in [-0.4, -0.2) is 48.3 Å². The number of anilines is 1. The molecule has 1 aliphatic rings. The lowest BCUT2D eigenvalue weighted by atomic mass is 10.2. The number of morpholine rings is 1. The standard InChI is InChI=1S/C13H19N3O3/c1-2-14-13(18)11-9-19-6-5-16(11)12-4-3-10(8-17)7-15-12/h3-4,7,11,17H,2,5-6,8-9H2,1H3,(H,14,18). The third-order valence-electron chi connectivity index (χ3n) is 3.07. The van der Waals surface area contributed by atoms with Crippen LogP contribution in [0.2, 0.25) is 0 Å². The molecule has 104 valence electrons. The van der Waals surface area contributed by atoms with E-state index in [0.29, 0.717) is 26.3 Å². The topological polar surface area (TPSA) is 74.7 Å². The fraction of sp³-hybridized carbons (Fsp3) is 0.538. The summed E-state index contributed by atoms with van der Waals surface area (Å²) in [6, 6.07) is 3.29. The highest BCUT2D eigenvalue weighted by molar-refractivity contribution is 5.85. The first-order valence-electron chi connectivity index (χ1n) is 6.44. The van der Waals surface area contributed by atoms with Gasteiger partial charge in [-0.05, 0) is 18.6 Å². The molecule has 2 rings (SSSR count). The average molecular weight is 265 g/mol. The van der Waals surface area contributed by atoms with E-state index in [4.69, 9.17) is 9.84 Å². The van der Waals surface area contributed by atoms with Crippen LogP contribution in [0.15, 0.2) is 18.3 Å². The summed E-state index contributed by atoms with van der Waals surface area (Å²) in [6.07, 6.45) is 1.62. The molecule has 0 saturated carbocycles. The fourth-order valence-corrected chi connectivity index (χ4v) is 2.07. The predicted octanol–water partition coefficient (Wildman–Crippen LogP) is -0.0848. The summed E-state index contributed by atoms with van der Waals surface area (Å²) in [5.74, 6) is 0.687. The lowest BCUT2D eigenvalue weighted by Gasteiger charge is -2.35. The number of carbonyl (C=O) groups excluding carboxylic acids is 1. The van der Waals surface area contributed by atoms with Crippen LogP contribution >= 0.6 is 0 Å². The van der Waals surface area contributed by atoms with Crippen LogP contribution < -0.4 is 10.2 Å². The summed E-state index contributed by atoms with van der Waals surface area (Å²) >= 11 is 0. The summed E-state index contributed by atoms with van der Waals surface area (Å²) < 4.78 is 5.38. The smallest absolute Gasteiger partial charge is 0.245 e. The molecule has 0 spiro atoms. The number of carbonyl (C=O) groups is 1. The Balaban J connectivity index is 2.15. The second kappa shape index (κ2) is 6.49. The van der Waals surface area contributed by atoms with Crippen LogP contribution in [0.3, 0.4) is 0 Å². The van der Waals surface area contributed by atoms with Crippen LogP contribution in [0, 0.1) is 0 Å². The minimum atomic E-state index is -0.346. The van der Waals surface area contributed by atoms with Crippen LogP contribution in [0.5, 0.6) is 0 Å². The molecule has 1 aliphatic heterocycles. The molecule has 0 bridgehead atoms. The Bertz CT molecular complexity index is 422. The van der Waals surface area contributed by atoms with Gasteiger partial charge in [0.15, 0.2) is 0 Å². The number of rotatable bonds is 4.